The predicted octanol–water partition coefficient (Wildman–Crippen LogP) is 3.39. The van der Waals surface area contributed by atoms with Crippen LogP contribution in [0.1, 0.15) is 5.56 Å². The number of rotatable bonds is 2. The SMILES string of the molecule is C=Cc1c([N+](=O)[O-])ccc2ccccc12. The van der Waals surface area contributed by atoms with E-state index in [2.05, 4.69) is 6.58 Å². The fourth-order valence-electron chi connectivity index (χ4n) is 1.66. The van der Waals surface area contributed by atoms with E-state index in [1.54, 1.807) is 6.07 Å². The zero-order valence-electron chi connectivity index (χ0n) is 8.01. The zero-order chi connectivity index (χ0) is 10.8. The molecule has 2 aromatic carbocycles. The summed E-state index contributed by atoms with van der Waals surface area (Å²) in [6.07, 6.45) is 1.53. The molecule has 0 saturated heterocycles. The molecule has 0 radical (unpaired) electrons. The van der Waals surface area contributed by atoms with E-state index in [1.807, 2.05) is 24.3 Å². The highest BCUT2D eigenvalue weighted by atomic mass is 16.6. The first-order valence-corrected chi connectivity index (χ1v) is 4.52. The van der Waals surface area contributed by atoms with E-state index in [0.29, 0.717) is 5.56 Å². The number of fused-ring (bicyclic) bond motifs is 1. The standard InChI is InChI=1S/C12H9NO2/c1-2-10-11-6-4-3-5-9(11)7-8-12(10)13(14)15/h2-8H,1H2. The molecule has 0 saturated carbocycles. The number of nitro benzene ring substituents is 1. The Morgan fingerprint density at radius 1 is 1.20 bits per heavy atom. The van der Waals surface area contributed by atoms with Crippen LogP contribution >= 0.6 is 0 Å². The van der Waals surface area contributed by atoms with E-state index in [9.17, 15) is 10.1 Å². The van der Waals surface area contributed by atoms with Gasteiger partial charge >= 0.3 is 0 Å². The van der Waals surface area contributed by atoms with Gasteiger partial charge in [-0.1, -0.05) is 36.9 Å². The van der Waals surface area contributed by atoms with Crippen LogP contribution in [0, 0.1) is 10.1 Å². The summed E-state index contributed by atoms with van der Waals surface area (Å²) in [5.41, 5.74) is 0.682. The van der Waals surface area contributed by atoms with E-state index in [1.165, 1.54) is 12.1 Å². The molecule has 3 nitrogen and oxygen atoms in total. The molecule has 0 spiro atoms. The first-order valence-electron chi connectivity index (χ1n) is 4.52. The van der Waals surface area contributed by atoms with Crippen molar-refractivity contribution >= 4 is 22.5 Å². The largest absolute Gasteiger partial charge is 0.277 e. The third-order valence-corrected chi connectivity index (χ3v) is 2.35. The summed E-state index contributed by atoms with van der Waals surface area (Å²) in [4.78, 5) is 10.4. The van der Waals surface area contributed by atoms with Gasteiger partial charge in [0.1, 0.15) is 0 Å². The summed E-state index contributed by atoms with van der Waals surface area (Å²) < 4.78 is 0. The van der Waals surface area contributed by atoms with Gasteiger partial charge in [-0.05, 0) is 16.8 Å². The molecule has 0 amide bonds. The van der Waals surface area contributed by atoms with Gasteiger partial charge in [0.05, 0.1) is 10.5 Å². The third kappa shape index (κ3) is 1.48. The minimum absolute atomic E-state index is 0.101. The fourth-order valence-corrected chi connectivity index (χ4v) is 1.66. The zero-order valence-corrected chi connectivity index (χ0v) is 8.01. The van der Waals surface area contributed by atoms with Crippen molar-refractivity contribution in [2.24, 2.45) is 0 Å². The van der Waals surface area contributed by atoms with Gasteiger partial charge in [-0.3, -0.25) is 10.1 Å². The Labute approximate surface area is 86.8 Å². The molecular weight excluding hydrogens is 190 g/mol. The lowest BCUT2D eigenvalue weighted by atomic mass is 10.0. The minimum atomic E-state index is -0.385. The van der Waals surface area contributed by atoms with Crippen LogP contribution in [0.3, 0.4) is 0 Å². The topological polar surface area (TPSA) is 43.1 Å². The molecule has 0 aliphatic heterocycles. The van der Waals surface area contributed by atoms with Gasteiger partial charge in [0.15, 0.2) is 0 Å². The van der Waals surface area contributed by atoms with Crippen LogP contribution in [0.2, 0.25) is 0 Å². The Morgan fingerprint density at radius 2 is 1.93 bits per heavy atom. The van der Waals surface area contributed by atoms with Gasteiger partial charge in [-0.15, -0.1) is 0 Å². The number of nitrogens with zero attached hydrogens (tertiary/aromatic N) is 1. The average molecular weight is 199 g/mol. The predicted molar refractivity (Wildman–Crippen MR) is 60.7 cm³/mol. The third-order valence-electron chi connectivity index (χ3n) is 2.35. The lowest BCUT2D eigenvalue weighted by Crippen LogP contribution is -1.92. The van der Waals surface area contributed by atoms with E-state index < -0.39 is 0 Å². The number of benzene rings is 2. The highest BCUT2D eigenvalue weighted by molar-refractivity contribution is 5.93. The smallest absolute Gasteiger partial charge is 0.258 e. The molecule has 0 fully saturated rings. The van der Waals surface area contributed by atoms with Gasteiger partial charge < -0.3 is 0 Å². The lowest BCUT2D eigenvalue weighted by Gasteiger charge is -2.02. The number of hydrogen-bond acceptors (Lipinski definition) is 2. The molecule has 0 heterocycles. The molecular formula is C12H9NO2. The summed E-state index contributed by atoms with van der Waals surface area (Å²) in [5.74, 6) is 0. The van der Waals surface area contributed by atoms with E-state index in [0.717, 1.165) is 10.8 Å². The van der Waals surface area contributed by atoms with Crippen LogP contribution in [-0.2, 0) is 0 Å². The summed E-state index contributed by atoms with van der Waals surface area (Å²) in [6, 6.07) is 10.8. The van der Waals surface area contributed by atoms with Crippen LogP contribution in [0.5, 0.6) is 0 Å². The quantitative estimate of drug-likeness (QED) is 0.549. The molecule has 0 aliphatic rings. The second-order valence-corrected chi connectivity index (χ2v) is 3.18. The normalized spacial score (nSPS) is 10.1. The van der Waals surface area contributed by atoms with Crippen molar-refractivity contribution in [3.05, 3.63) is 58.7 Å². The summed E-state index contributed by atoms with van der Waals surface area (Å²) in [7, 11) is 0. The molecule has 2 aromatic rings. The van der Waals surface area contributed by atoms with Crippen molar-refractivity contribution < 1.29 is 4.92 Å². The molecule has 15 heavy (non-hydrogen) atoms. The van der Waals surface area contributed by atoms with E-state index >= 15 is 0 Å². The van der Waals surface area contributed by atoms with E-state index in [-0.39, 0.29) is 10.6 Å². The molecule has 3 heteroatoms. The van der Waals surface area contributed by atoms with E-state index in [4.69, 9.17) is 0 Å². The first kappa shape index (κ1) is 9.40. The van der Waals surface area contributed by atoms with Gasteiger partial charge in [0.2, 0.25) is 0 Å². The summed E-state index contributed by atoms with van der Waals surface area (Å²) in [5, 5.41) is 12.6. The van der Waals surface area contributed by atoms with Gasteiger partial charge in [-0.25, -0.2) is 0 Å². The van der Waals surface area contributed by atoms with Crippen LogP contribution in [0.25, 0.3) is 16.8 Å². The molecule has 0 aromatic heterocycles. The Bertz CT molecular complexity index is 546. The maximum absolute atomic E-state index is 10.8. The highest BCUT2D eigenvalue weighted by Crippen LogP contribution is 2.28. The maximum Gasteiger partial charge on any atom is 0.277 e. The molecule has 0 unspecified atom stereocenters. The van der Waals surface area contributed by atoms with Gasteiger partial charge in [0, 0.05) is 6.07 Å². The molecule has 74 valence electrons. The van der Waals surface area contributed by atoms with Crippen LogP contribution in [0.4, 0.5) is 5.69 Å². The Hall–Kier alpha value is -2.16. The Balaban J connectivity index is 2.87. The van der Waals surface area contributed by atoms with Crippen molar-refractivity contribution in [1.29, 1.82) is 0 Å². The average Bonchev–Trinajstić information content (AvgIpc) is 2.27. The van der Waals surface area contributed by atoms with Crippen LogP contribution in [0.15, 0.2) is 43.0 Å². The van der Waals surface area contributed by atoms with Crippen LogP contribution < -0.4 is 0 Å². The Morgan fingerprint density at radius 3 is 2.60 bits per heavy atom. The van der Waals surface area contributed by atoms with Crippen molar-refractivity contribution in [2.45, 2.75) is 0 Å². The van der Waals surface area contributed by atoms with Crippen molar-refractivity contribution in [3.63, 3.8) is 0 Å². The molecule has 0 atom stereocenters. The van der Waals surface area contributed by atoms with Crippen molar-refractivity contribution in [2.75, 3.05) is 0 Å². The second kappa shape index (κ2) is 3.53. The Kier molecular flexibility index (Phi) is 2.21. The fraction of sp³-hybridized carbons (Fsp3) is 0. The van der Waals surface area contributed by atoms with Crippen molar-refractivity contribution in [1.82, 2.24) is 0 Å². The number of hydrogen-bond donors (Lipinski definition) is 0. The summed E-state index contributed by atoms with van der Waals surface area (Å²) in [6.45, 7) is 3.62. The van der Waals surface area contributed by atoms with Gasteiger partial charge in [0.25, 0.3) is 5.69 Å². The number of nitro groups is 1. The van der Waals surface area contributed by atoms with Crippen LogP contribution in [-0.4, -0.2) is 4.92 Å². The molecule has 2 rings (SSSR count). The molecule has 0 aliphatic carbocycles. The monoisotopic (exact) mass is 199 g/mol. The summed E-state index contributed by atoms with van der Waals surface area (Å²) >= 11 is 0. The maximum atomic E-state index is 10.8. The first-order chi connectivity index (χ1) is 7.24. The van der Waals surface area contributed by atoms with Crippen molar-refractivity contribution in [3.8, 4) is 0 Å². The molecule has 0 N–H and O–H groups in total. The second-order valence-electron chi connectivity index (χ2n) is 3.18. The van der Waals surface area contributed by atoms with Gasteiger partial charge in [-0.2, -0.15) is 0 Å². The highest BCUT2D eigenvalue weighted by Gasteiger charge is 2.13. The minimum Gasteiger partial charge on any atom is -0.258 e. The lowest BCUT2D eigenvalue weighted by molar-refractivity contribution is -0.384. The molecule has 0 bridgehead atoms.